The smallest absolute Gasteiger partial charge is 0.407 e. The third-order valence-electron chi connectivity index (χ3n) is 14.4. The molecule has 100 heavy (non-hydrogen) atoms. The predicted molar refractivity (Wildman–Crippen MR) is 353 cm³/mol. The van der Waals surface area contributed by atoms with Crippen LogP contribution in [0.15, 0.2) is 22.2 Å². The number of nitriles is 4. The van der Waals surface area contributed by atoms with Gasteiger partial charge in [0, 0.05) is 29.8 Å². The molecule has 0 aliphatic carbocycles. The minimum absolute atomic E-state index is 0. The van der Waals surface area contributed by atoms with Crippen LogP contribution in [0.1, 0.15) is 75.3 Å². The number of hydrogen-bond donors (Lipinski definition) is 12. The number of fused-ring (bicyclic) bond motifs is 2. The van der Waals surface area contributed by atoms with Crippen molar-refractivity contribution in [3.63, 3.8) is 0 Å². The Bertz CT molecular complexity index is 4380. The number of imidazole rings is 2. The molecule has 1 amide bonds. The first-order chi connectivity index (χ1) is 45.0. The first-order valence-electron chi connectivity index (χ1n) is 27.7. The highest BCUT2D eigenvalue weighted by molar-refractivity contribution is 7.89. The molecular formula is C41H68B4N14O31P8Si2. The number of carbonyl (C=O) groups is 1. The number of ether oxygens (including phenoxy) is 2. The molecule has 0 spiro atoms. The lowest BCUT2D eigenvalue weighted by molar-refractivity contribution is -0.119. The number of rotatable bonds is 30. The van der Waals surface area contributed by atoms with E-state index >= 15 is 0 Å². The Labute approximate surface area is 573 Å². The second-order valence-corrected chi connectivity index (χ2v) is 46.5. The van der Waals surface area contributed by atoms with Gasteiger partial charge >= 0.3 is 89.2 Å². The summed E-state index contributed by atoms with van der Waals surface area (Å²) in [7, 11) is -48.9. The van der Waals surface area contributed by atoms with Gasteiger partial charge in [-0.3, -0.25) is 57.1 Å². The van der Waals surface area contributed by atoms with Crippen LogP contribution in [0.25, 0.3) is 22.3 Å². The average Bonchev–Trinajstić information content (AvgIpc) is 1.59. The number of aromatic nitrogens is 8. The molecule has 12 unspecified atom stereocenters. The van der Waals surface area contributed by atoms with Crippen molar-refractivity contribution in [1.29, 1.82) is 21.0 Å². The Balaban J connectivity index is 0.000000422. The summed E-state index contributed by atoms with van der Waals surface area (Å²) in [6.07, 6.45) is -11.2. The minimum atomic E-state index is -5.65. The molecule has 59 heteroatoms. The monoisotopic (exact) mass is 1600 g/mol. The van der Waals surface area contributed by atoms with Gasteiger partial charge in [-0.15, -0.1) is 0 Å². The van der Waals surface area contributed by atoms with Gasteiger partial charge in [-0.1, -0.05) is 62.8 Å². The summed E-state index contributed by atoms with van der Waals surface area (Å²) >= 11 is 0. The molecule has 0 aromatic carbocycles. The zero-order chi connectivity index (χ0) is 75.5. The van der Waals surface area contributed by atoms with Crippen LogP contribution in [-0.4, -0.2) is 179 Å². The normalized spacial score (nSPS) is 22.6. The number of phosphoric acid groups is 4. The number of anilines is 2. The Hall–Kier alpha value is -4.34. The van der Waals surface area contributed by atoms with Crippen molar-refractivity contribution in [3.05, 3.63) is 33.4 Å². The van der Waals surface area contributed by atoms with E-state index in [4.69, 9.17) is 52.7 Å². The fraction of sp³-hybridized carbons (Fsp3) is 0.634. The number of carbonyl (C=O) groups excluding carboxylic acids is 1. The summed E-state index contributed by atoms with van der Waals surface area (Å²) in [4.78, 5) is 134. The lowest BCUT2D eigenvalue weighted by Gasteiger charge is -2.41. The lowest BCUT2D eigenvalue weighted by atomic mass is 10.1. The molecule has 2 aliphatic heterocycles. The Morgan fingerprint density at radius 2 is 0.920 bits per heavy atom. The lowest BCUT2D eigenvalue weighted by Crippen LogP contribution is -2.49. The van der Waals surface area contributed by atoms with Crippen LogP contribution in [0.3, 0.4) is 0 Å². The van der Waals surface area contributed by atoms with Crippen molar-refractivity contribution in [3.8, 4) is 23.9 Å². The zero-order valence-corrected chi connectivity index (χ0v) is 62.8. The number of nitrogens with two attached hydrogens (primary N) is 1. The van der Waals surface area contributed by atoms with E-state index in [1.54, 1.807) is 40.0 Å². The summed E-state index contributed by atoms with van der Waals surface area (Å²) in [5.74, 6) is 3.57. The van der Waals surface area contributed by atoms with E-state index < -0.39 is 173 Å². The van der Waals surface area contributed by atoms with Gasteiger partial charge < -0.3 is 81.3 Å². The number of nitrogen functional groups attached to an aromatic ring is 1. The number of nitrogens with one attached hydrogen (secondary N) is 3. The molecule has 4 aromatic heterocycles. The van der Waals surface area contributed by atoms with Gasteiger partial charge in [0.05, 0.1) is 25.9 Å². The van der Waals surface area contributed by atoms with Crippen molar-refractivity contribution in [1.82, 2.24) is 39.0 Å². The fourth-order valence-corrected chi connectivity index (χ4v) is 19.6. The van der Waals surface area contributed by atoms with E-state index in [1.807, 2.05) is 41.5 Å². The van der Waals surface area contributed by atoms with Crippen LogP contribution < -0.4 is 22.2 Å². The molecular weight excluding hydrogens is 1530 g/mol. The Morgan fingerprint density at radius 3 is 1.24 bits per heavy atom. The van der Waals surface area contributed by atoms with Crippen molar-refractivity contribution in [2.45, 2.75) is 148 Å². The highest BCUT2D eigenvalue weighted by Gasteiger charge is 2.58. The van der Waals surface area contributed by atoms with Crippen LogP contribution in [0.4, 0.5) is 11.9 Å². The minimum Gasteiger partial charge on any atom is -0.407 e. The van der Waals surface area contributed by atoms with Crippen LogP contribution in [-0.2, 0) is 95.0 Å². The largest absolute Gasteiger partial charge is 0.476 e. The molecule has 45 nitrogen and oxygen atoms in total. The summed E-state index contributed by atoms with van der Waals surface area (Å²) in [5.41, 5.74) is 3.31. The van der Waals surface area contributed by atoms with Crippen LogP contribution in [0.2, 0.25) is 36.3 Å². The SMILES string of the molecule is C.CC(C)(C)[Si](C)(C)OC1C(OP(=O)([B]C#N)OP(=O)(O)O)C(COP(=O)([B]C#N)OP(=O)(O)O)OC1n1cnc2c(=O)[nH]c(N)nc21.CC(C)C(=O)Nc1nc2c(ncn2C2OC(COP(=O)([B]C#N)OP(=O)(O)O)C(OP(=O)([B]C#N)OP(=O)(O)O)C2O[Si](C)(C)C(C)(C)C)c(=O)[nH]1. The summed E-state index contributed by atoms with van der Waals surface area (Å²) in [5, 5.41) is 38.0. The van der Waals surface area contributed by atoms with Crippen molar-refractivity contribution >= 4 is 146 Å². The third-order valence-corrected chi connectivity index (χ3v) is 34.2. The molecule has 0 bridgehead atoms. The number of nitrogens with zero attached hydrogens (tertiary/aromatic N) is 10. The average molecular weight is 1600 g/mol. The van der Waals surface area contributed by atoms with Crippen LogP contribution in [0, 0.1) is 50.8 Å². The van der Waals surface area contributed by atoms with Gasteiger partial charge in [-0.05, 0) is 36.3 Å². The van der Waals surface area contributed by atoms with E-state index in [-0.39, 0.29) is 69.6 Å². The summed E-state index contributed by atoms with van der Waals surface area (Å²) in [6.45, 7) is 19.8. The number of H-pyrrole nitrogens is 2. The molecule has 4 radical (unpaired) electrons. The van der Waals surface area contributed by atoms with E-state index in [2.05, 4.69) is 52.5 Å². The summed E-state index contributed by atoms with van der Waals surface area (Å²) < 4.78 is 166. The molecule has 548 valence electrons. The summed E-state index contributed by atoms with van der Waals surface area (Å²) in [6, 6.07) is 0. The molecule has 13 N–H and O–H groups in total. The molecule has 2 aliphatic rings. The Morgan fingerprint density at radius 1 is 0.600 bits per heavy atom. The zero-order valence-electron chi connectivity index (χ0n) is 53.7. The maximum absolute atomic E-state index is 13.7. The second kappa shape index (κ2) is 33.0. The predicted octanol–water partition coefficient (Wildman–Crippen LogP) is 4.04. The van der Waals surface area contributed by atoms with Gasteiger partial charge in [0.1, 0.15) is 36.6 Å². The quantitative estimate of drug-likeness (QED) is 0.0259. The van der Waals surface area contributed by atoms with Gasteiger partial charge in [-0.25, -0.2) is 66.5 Å². The number of amides is 1. The third kappa shape index (κ3) is 23.8. The van der Waals surface area contributed by atoms with E-state index in [0.29, 0.717) is 0 Å². The first kappa shape index (κ1) is 88.1. The number of hydrogen-bond acceptors (Lipinski definition) is 32. The van der Waals surface area contributed by atoms with Crippen LogP contribution >= 0.6 is 61.2 Å². The molecule has 0 saturated carbocycles. The highest BCUT2D eigenvalue weighted by atomic mass is 31.3. The van der Waals surface area contributed by atoms with Crippen molar-refractivity contribution < 1.29 is 134 Å². The van der Waals surface area contributed by atoms with Gasteiger partial charge in [0.15, 0.2) is 51.4 Å². The maximum Gasteiger partial charge on any atom is 0.476 e. The van der Waals surface area contributed by atoms with Crippen molar-refractivity contribution in [2.24, 2.45) is 5.92 Å². The first-order valence-corrected chi connectivity index (χ1v) is 46.1. The molecule has 2 saturated heterocycles. The molecule has 6 heterocycles. The van der Waals surface area contributed by atoms with Crippen molar-refractivity contribution in [2.75, 3.05) is 24.3 Å². The molecule has 12 atom stereocenters. The molecule has 4 aromatic rings. The van der Waals surface area contributed by atoms with E-state index in [1.165, 1.54) is 23.9 Å². The maximum atomic E-state index is 13.7. The highest BCUT2D eigenvalue weighted by Crippen LogP contribution is 2.65. The van der Waals surface area contributed by atoms with Gasteiger partial charge in [0.25, 0.3) is 11.1 Å². The molecule has 6 rings (SSSR count). The van der Waals surface area contributed by atoms with Gasteiger partial charge in [-0.2, -0.15) is 9.97 Å². The number of aromatic amines is 2. The van der Waals surface area contributed by atoms with Gasteiger partial charge in [0.2, 0.25) is 17.8 Å². The Kier molecular flexibility index (Phi) is 29.1. The topological polar surface area (TPSA) is 687 Å². The van der Waals surface area contributed by atoms with E-state index in [0.717, 1.165) is 21.8 Å². The molecule has 2 fully saturated rings. The second-order valence-electron chi connectivity index (χ2n) is 24.2. The standard InChI is InChI=1S/C22H35B2N7O16P4Si.C18H29B2N7O15P4Si.CH4/c1-12(2)18(32)29-21-28-17-14(19(33)30-21)27-11-31(17)20-16(45-52(6,7)22(3,4)5)15(44-49(35,24-10-26)47-51(39,40)41)13(43-20)8-42-48(34,23-9-25)46-50(36,37)38;1-18(2,3)47(4,5)40-13-12(39-44(30,20-8-22)42-46(34,35)36)10(6-37-43(29,19-7-21)41-45(31,32)33)38-16(13)27-9-24-11-14(27)25-17(23)26-15(11)28;/h11-13,15-16,20H,8H2,1-7H3,(H2,36,37,38)(H2,39,40,41)(H2,28,29,30,32,33);9-10,12-13,16H,6H2,1-5H3,(H2,31,32,33)(H2,34,35,36)(H3,23,25,26,28);1H4. The van der Waals surface area contributed by atoms with Crippen LogP contribution in [0.5, 0.6) is 0 Å². The fourth-order valence-electron chi connectivity index (χ4n) is 8.12. The van der Waals surface area contributed by atoms with E-state index in [9.17, 15) is 101 Å².